The van der Waals surface area contributed by atoms with Gasteiger partial charge in [-0.2, -0.15) is 0 Å². The van der Waals surface area contributed by atoms with Gasteiger partial charge in [0.2, 0.25) is 0 Å². The van der Waals surface area contributed by atoms with Gasteiger partial charge in [-0.25, -0.2) is 0 Å². The van der Waals surface area contributed by atoms with Crippen molar-refractivity contribution < 1.29 is 0 Å². The highest BCUT2D eigenvalue weighted by atomic mass is 79.9. The molecule has 1 unspecified atom stereocenters. The molecule has 1 atom stereocenters. The molecular weight excluding hydrogens is 320 g/mol. The Balaban J connectivity index is 2.10. The molecule has 1 heterocycles. The molecule has 0 saturated heterocycles. The van der Waals surface area contributed by atoms with Crippen LogP contribution in [0.15, 0.2) is 40.2 Å². The Morgan fingerprint density at radius 3 is 2.32 bits per heavy atom. The van der Waals surface area contributed by atoms with Gasteiger partial charge in [-0.05, 0) is 51.5 Å². The van der Waals surface area contributed by atoms with Crippen LogP contribution in [0.1, 0.15) is 41.8 Å². The van der Waals surface area contributed by atoms with Crippen molar-refractivity contribution in [3.63, 3.8) is 0 Å². The van der Waals surface area contributed by atoms with Gasteiger partial charge in [0.1, 0.15) is 0 Å². The topological polar surface area (TPSA) is 38.0 Å². The molecule has 0 radical (unpaired) electrons. The molecule has 2 aromatic rings. The van der Waals surface area contributed by atoms with E-state index in [1.54, 1.807) is 11.3 Å². The van der Waals surface area contributed by atoms with Crippen LogP contribution in [0.25, 0.3) is 0 Å². The van der Waals surface area contributed by atoms with Gasteiger partial charge in [-0.3, -0.25) is 11.3 Å². The summed E-state index contributed by atoms with van der Waals surface area (Å²) in [7, 11) is 0. The number of nitrogens with one attached hydrogen (secondary N) is 1. The average Bonchev–Trinajstić information content (AvgIpc) is 2.83. The SMILES string of the molecule is CC(C)c1ccc(CC(NN)c2ccc(Br)s2)cc1. The molecule has 0 saturated carbocycles. The van der Waals surface area contributed by atoms with Crippen molar-refractivity contribution in [1.82, 2.24) is 5.43 Å². The summed E-state index contributed by atoms with van der Waals surface area (Å²) in [4.78, 5) is 1.25. The number of halogens is 1. The summed E-state index contributed by atoms with van der Waals surface area (Å²) < 4.78 is 1.14. The zero-order valence-electron chi connectivity index (χ0n) is 11.2. The van der Waals surface area contributed by atoms with Gasteiger partial charge in [0.25, 0.3) is 0 Å². The minimum Gasteiger partial charge on any atom is -0.271 e. The van der Waals surface area contributed by atoms with E-state index in [-0.39, 0.29) is 6.04 Å². The maximum atomic E-state index is 5.68. The summed E-state index contributed by atoms with van der Waals surface area (Å²) in [6.07, 6.45) is 0.905. The maximum absolute atomic E-state index is 5.68. The van der Waals surface area contributed by atoms with Gasteiger partial charge in [0.15, 0.2) is 0 Å². The normalized spacial score (nSPS) is 12.9. The molecule has 0 aliphatic heterocycles. The zero-order valence-corrected chi connectivity index (χ0v) is 13.6. The van der Waals surface area contributed by atoms with Crippen molar-refractivity contribution in [3.05, 3.63) is 56.2 Å². The fourth-order valence-electron chi connectivity index (χ4n) is 2.03. The predicted molar refractivity (Wildman–Crippen MR) is 86.3 cm³/mol. The molecule has 0 amide bonds. The van der Waals surface area contributed by atoms with Crippen LogP contribution in [0.3, 0.4) is 0 Å². The molecule has 2 nitrogen and oxygen atoms in total. The molecule has 1 aromatic heterocycles. The quantitative estimate of drug-likeness (QED) is 0.627. The van der Waals surface area contributed by atoms with Crippen LogP contribution in [-0.2, 0) is 6.42 Å². The summed E-state index contributed by atoms with van der Waals surface area (Å²) in [5, 5.41) is 0. The number of hydrogen-bond acceptors (Lipinski definition) is 3. The molecule has 2 rings (SSSR count). The van der Waals surface area contributed by atoms with Gasteiger partial charge in [-0.15, -0.1) is 11.3 Å². The highest BCUT2D eigenvalue weighted by Gasteiger charge is 2.13. The number of nitrogens with two attached hydrogens (primary N) is 1. The Hall–Kier alpha value is -0.680. The second kappa shape index (κ2) is 6.66. The predicted octanol–water partition coefficient (Wildman–Crippen LogP) is 4.38. The van der Waals surface area contributed by atoms with Crippen LogP contribution in [0.5, 0.6) is 0 Å². The third-order valence-electron chi connectivity index (χ3n) is 3.22. The zero-order chi connectivity index (χ0) is 13.8. The minimum atomic E-state index is 0.168. The third kappa shape index (κ3) is 3.89. The number of hydrazine groups is 1. The van der Waals surface area contributed by atoms with Crippen LogP contribution in [0, 0.1) is 0 Å². The fourth-order valence-corrected chi connectivity index (χ4v) is 3.52. The second-order valence-electron chi connectivity index (χ2n) is 4.96. The van der Waals surface area contributed by atoms with E-state index in [9.17, 15) is 0 Å². The summed E-state index contributed by atoms with van der Waals surface area (Å²) in [5.41, 5.74) is 5.58. The molecule has 19 heavy (non-hydrogen) atoms. The van der Waals surface area contributed by atoms with Crippen molar-refractivity contribution in [2.24, 2.45) is 5.84 Å². The molecule has 1 aromatic carbocycles. The van der Waals surface area contributed by atoms with Crippen molar-refractivity contribution in [2.45, 2.75) is 32.2 Å². The molecular formula is C15H19BrN2S. The number of benzene rings is 1. The van der Waals surface area contributed by atoms with Crippen LogP contribution in [-0.4, -0.2) is 0 Å². The third-order valence-corrected chi connectivity index (χ3v) is 4.96. The van der Waals surface area contributed by atoms with E-state index < -0.39 is 0 Å². The summed E-state index contributed by atoms with van der Waals surface area (Å²) in [6.45, 7) is 4.42. The lowest BCUT2D eigenvalue weighted by Crippen LogP contribution is -2.28. The average molecular weight is 339 g/mol. The molecule has 102 valence electrons. The van der Waals surface area contributed by atoms with E-state index >= 15 is 0 Å². The van der Waals surface area contributed by atoms with Gasteiger partial charge in [-0.1, -0.05) is 38.1 Å². The summed E-state index contributed by atoms with van der Waals surface area (Å²) in [6, 6.07) is 13.1. The van der Waals surface area contributed by atoms with Crippen LogP contribution < -0.4 is 11.3 Å². The first-order chi connectivity index (χ1) is 9.10. The first-order valence-corrected chi connectivity index (χ1v) is 8.01. The van der Waals surface area contributed by atoms with E-state index in [0.29, 0.717) is 5.92 Å². The van der Waals surface area contributed by atoms with Gasteiger partial charge in [0.05, 0.1) is 9.83 Å². The highest BCUT2D eigenvalue weighted by molar-refractivity contribution is 9.11. The fraction of sp³-hybridized carbons (Fsp3) is 0.333. The van der Waals surface area contributed by atoms with Gasteiger partial charge >= 0.3 is 0 Å². The lowest BCUT2D eigenvalue weighted by atomic mass is 9.99. The van der Waals surface area contributed by atoms with Crippen molar-refractivity contribution in [3.8, 4) is 0 Å². The largest absolute Gasteiger partial charge is 0.271 e. The van der Waals surface area contributed by atoms with Crippen LogP contribution in [0.2, 0.25) is 0 Å². The van der Waals surface area contributed by atoms with Crippen LogP contribution in [0.4, 0.5) is 0 Å². The number of hydrogen-bond donors (Lipinski definition) is 2. The lowest BCUT2D eigenvalue weighted by Gasteiger charge is -2.15. The Labute approximate surface area is 127 Å². The van der Waals surface area contributed by atoms with E-state index in [2.05, 4.69) is 71.6 Å². The molecule has 0 aliphatic rings. The van der Waals surface area contributed by atoms with Crippen molar-refractivity contribution >= 4 is 27.3 Å². The van der Waals surface area contributed by atoms with Gasteiger partial charge < -0.3 is 0 Å². The van der Waals surface area contributed by atoms with Crippen LogP contribution >= 0.6 is 27.3 Å². The maximum Gasteiger partial charge on any atom is 0.0702 e. The Morgan fingerprint density at radius 2 is 1.84 bits per heavy atom. The summed E-state index contributed by atoms with van der Waals surface area (Å²) >= 11 is 5.21. The van der Waals surface area contributed by atoms with Crippen molar-refractivity contribution in [1.29, 1.82) is 0 Å². The van der Waals surface area contributed by atoms with E-state index in [4.69, 9.17) is 5.84 Å². The first kappa shape index (κ1) is 14.7. The second-order valence-corrected chi connectivity index (χ2v) is 7.46. The first-order valence-electron chi connectivity index (χ1n) is 6.40. The molecule has 0 aliphatic carbocycles. The Morgan fingerprint density at radius 1 is 1.16 bits per heavy atom. The van der Waals surface area contributed by atoms with E-state index in [1.165, 1.54) is 16.0 Å². The number of thiophene rings is 1. The molecule has 4 heteroatoms. The Kier molecular flexibility index (Phi) is 5.16. The van der Waals surface area contributed by atoms with Gasteiger partial charge in [0, 0.05) is 4.88 Å². The molecule has 3 N–H and O–H groups in total. The van der Waals surface area contributed by atoms with E-state index in [0.717, 1.165) is 10.2 Å². The number of rotatable bonds is 5. The minimum absolute atomic E-state index is 0.168. The van der Waals surface area contributed by atoms with Crippen molar-refractivity contribution in [2.75, 3.05) is 0 Å². The smallest absolute Gasteiger partial charge is 0.0702 e. The molecule has 0 bridgehead atoms. The molecule has 0 spiro atoms. The van der Waals surface area contributed by atoms with E-state index in [1.807, 2.05) is 0 Å². The Bertz CT molecular complexity index is 519. The highest BCUT2D eigenvalue weighted by Crippen LogP contribution is 2.29. The summed E-state index contributed by atoms with van der Waals surface area (Å²) in [5.74, 6) is 6.26. The standard InChI is InChI=1S/C15H19BrN2S/c1-10(2)12-5-3-11(4-6-12)9-13(18-17)14-7-8-15(16)19-14/h3-8,10,13,18H,9,17H2,1-2H3. The molecule has 0 fully saturated rings. The lowest BCUT2D eigenvalue weighted by molar-refractivity contribution is 0.560. The monoisotopic (exact) mass is 338 g/mol.